The zero-order chi connectivity index (χ0) is 16.2. The highest BCUT2D eigenvalue weighted by Crippen LogP contribution is 2.18. The average Bonchev–Trinajstić information content (AvgIpc) is 2.81. The van der Waals surface area contributed by atoms with Crippen molar-refractivity contribution in [3.05, 3.63) is 28.0 Å². The molecule has 1 N–H and O–H groups in total. The Bertz CT molecular complexity index is 660. The van der Waals surface area contributed by atoms with Crippen molar-refractivity contribution in [1.82, 2.24) is 4.90 Å². The summed E-state index contributed by atoms with van der Waals surface area (Å²) < 4.78 is 22.7. The van der Waals surface area contributed by atoms with Crippen LogP contribution in [0, 0.1) is 0 Å². The van der Waals surface area contributed by atoms with Crippen molar-refractivity contribution >= 4 is 39.1 Å². The zero-order valence-electron chi connectivity index (χ0n) is 11.9. The predicted octanol–water partition coefficient (Wildman–Crippen LogP) is 1.24. The molecule has 6 nitrogen and oxygen atoms in total. The maximum absolute atomic E-state index is 12.0. The summed E-state index contributed by atoms with van der Waals surface area (Å²) in [6, 6.07) is 1.76. The van der Waals surface area contributed by atoms with Crippen molar-refractivity contribution in [2.45, 2.75) is 18.7 Å². The van der Waals surface area contributed by atoms with Gasteiger partial charge in [-0.2, -0.15) is 0 Å². The number of amides is 1. The van der Waals surface area contributed by atoms with Crippen molar-refractivity contribution in [2.24, 2.45) is 0 Å². The number of aliphatic carboxylic acids is 1. The second-order valence-electron chi connectivity index (χ2n) is 4.69. The minimum Gasteiger partial charge on any atom is -0.478 e. The van der Waals surface area contributed by atoms with Crippen LogP contribution < -0.4 is 0 Å². The van der Waals surface area contributed by atoms with Gasteiger partial charge in [0, 0.05) is 30.8 Å². The van der Waals surface area contributed by atoms with Gasteiger partial charge in [-0.15, -0.1) is 11.3 Å². The van der Waals surface area contributed by atoms with Crippen LogP contribution in [0.25, 0.3) is 6.08 Å². The molecular formula is C13H17NO5S2. The van der Waals surface area contributed by atoms with Crippen LogP contribution in [-0.4, -0.2) is 48.9 Å². The predicted molar refractivity (Wildman–Crippen MR) is 81.8 cm³/mol. The lowest BCUT2D eigenvalue weighted by Gasteiger charge is -2.19. The van der Waals surface area contributed by atoms with Gasteiger partial charge in [0.15, 0.2) is 9.84 Å². The third kappa shape index (κ3) is 5.31. The van der Waals surface area contributed by atoms with Gasteiger partial charge < -0.3 is 10.0 Å². The summed E-state index contributed by atoms with van der Waals surface area (Å²) in [6.07, 6.45) is 3.54. The zero-order valence-corrected chi connectivity index (χ0v) is 13.6. The van der Waals surface area contributed by atoms with Gasteiger partial charge in [0.2, 0.25) is 5.91 Å². The van der Waals surface area contributed by atoms with Crippen LogP contribution in [0.2, 0.25) is 0 Å². The van der Waals surface area contributed by atoms with Gasteiger partial charge in [0.1, 0.15) is 5.25 Å². The largest absolute Gasteiger partial charge is 0.478 e. The van der Waals surface area contributed by atoms with Crippen LogP contribution in [0.1, 0.15) is 17.4 Å². The summed E-state index contributed by atoms with van der Waals surface area (Å²) in [5.74, 6) is -1.49. The number of hydrogen-bond donors (Lipinski definition) is 1. The molecule has 0 radical (unpaired) electrons. The van der Waals surface area contributed by atoms with Crippen molar-refractivity contribution in [2.75, 3.05) is 13.3 Å². The van der Waals surface area contributed by atoms with E-state index in [0.29, 0.717) is 0 Å². The topological polar surface area (TPSA) is 91.8 Å². The van der Waals surface area contributed by atoms with Crippen molar-refractivity contribution in [1.29, 1.82) is 0 Å². The Morgan fingerprint density at radius 3 is 2.62 bits per heavy atom. The monoisotopic (exact) mass is 331 g/mol. The summed E-state index contributed by atoms with van der Waals surface area (Å²) >= 11 is 1.35. The molecule has 1 unspecified atom stereocenters. The molecule has 0 saturated carbocycles. The van der Waals surface area contributed by atoms with Crippen LogP contribution in [0.15, 0.2) is 17.5 Å². The normalized spacial score (nSPS) is 13.3. The molecule has 8 heteroatoms. The first-order valence-electron chi connectivity index (χ1n) is 6.03. The van der Waals surface area contributed by atoms with Crippen molar-refractivity contribution < 1.29 is 23.1 Å². The van der Waals surface area contributed by atoms with Gasteiger partial charge in [-0.05, 0) is 30.0 Å². The lowest BCUT2D eigenvalue weighted by molar-refractivity contribution is -0.131. The number of nitrogens with zero attached hydrogens (tertiary/aromatic N) is 1. The second kappa shape index (κ2) is 6.86. The molecule has 1 aromatic heterocycles. The van der Waals surface area contributed by atoms with Crippen molar-refractivity contribution in [3.63, 3.8) is 0 Å². The smallest absolute Gasteiger partial charge is 0.328 e. The Morgan fingerprint density at radius 1 is 1.48 bits per heavy atom. The fourth-order valence-electron chi connectivity index (χ4n) is 1.56. The Kier molecular flexibility index (Phi) is 5.68. The van der Waals surface area contributed by atoms with E-state index in [-0.39, 0.29) is 6.54 Å². The molecule has 0 aliphatic carbocycles. The van der Waals surface area contributed by atoms with E-state index in [4.69, 9.17) is 5.11 Å². The summed E-state index contributed by atoms with van der Waals surface area (Å²) in [5.41, 5.74) is 0.821. The SMILES string of the molecule is CC(C(=O)N(C)Cc1csc(/C=C/C(=O)O)c1)S(C)(=O)=O. The van der Waals surface area contributed by atoms with E-state index < -0.39 is 27.0 Å². The van der Waals surface area contributed by atoms with Crippen LogP contribution >= 0.6 is 11.3 Å². The number of carboxylic acids is 1. The van der Waals surface area contributed by atoms with Gasteiger partial charge >= 0.3 is 5.97 Å². The highest BCUT2D eigenvalue weighted by Gasteiger charge is 2.26. The Balaban J connectivity index is 2.73. The number of thiophene rings is 1. The molecule has 1 heterocycles. The van der Waals surface area contributed by atoms with Gasteiger partial charge in [0.05, 0.1) is 0 Å². The Morgan fingerprint density at radius 2 is 2.10 bits per heavy atom. The first-order valence-corrected chi connectivity index (χ1v) is 8.87. The van der Waals surface area contributed by atoms with E-state index >= 15 is 0 Å². The highest BCUT2D eigenvalue weighted by atomic mass is 32.2. The molecule has 1 atom stereocenters. The minimum absolute atomic E-state index is 0.274. The number of sulfone groups is 1. The summed E-state index contributed by atoms with van der Waals surface area (Å²) in [7, 11) is -1.88. The minimum atomic E-state index is -3.42. The average molecular weight is 331 g/mol. The van der Waals surface area contributed by atoms with E-state index in [0.717, 1.165) is 22.8 Å². The fourth-order valence-corrected chi connectivity index (χ4v) is 2.91. The number of carbonyl (C=O) groups is 2. The molecule has 0 fully saturated rings. The number of carbonyl (C=O) groups excluding carboxylic acids is 1. The van der Waals surface area contributed by atoms with E-state index in [1.807, 2.05) is 0 Å². The van der Waals surface area contributed by atoms with Gasteiger partial charge in [-0.1, -0.05) is 0 Å². The molecule has 0 aromatic carbocycles. The molecule has 21 heavy (non-hydrogen) atoms. The molecule has 116 valence electrons. The van der Waals surface area contributed by atoms with E-state index in [2.05, 4.69) is 0 Å². The third-order valence-corrected chi connectivity index (χ3v) is 5.28. The molecule has 1 amide bonds. The second-order valence-corrected chi connectivity index (χ2v) is 8.00. The van der Waals surface area contributed by atoms with E-state index in [1.165, 1.54) is 36.3 Å². The summed E-state index contributed by atoms with van der Waals surface area (Å²) in [6.45, 7) is 1.64. The van der Waals surface area contributed by atoms with Gasteiger partial charge in [0.25, 0.3) is 0 Å². The van der Waals surface area contributed by atoms with Crippen LogP contribution in [0.5, 0.6) is 0 Å². The highest BCUT2D eigenvalue weighted by molar-refractivity contribution is 7.92. The lowest BCUT2D eigenvalue weighted by atomic mass is 10.2. The molecule has 0 aliphatic heterocycles. The lowest BCUT2D eigenvalue weighted by Crippen LogP contribution is -2.38. The molecule has 1 rings (SSSR count). The number of hydrogen-bond acceptors (Lipinski definition) is 5. The molecule has 1 aromatic rings. The Hall–Kier alpha value is -1.67. The Labute approximate surface area is 127 Å². The standard InChI is InChI=1S/C13H17NO5S2/c1-9(21(3,18)19)13(17)14(2)7-10-6-11(20-8-10)4-5-12(15)16/h4-6,8-9H,7H2,1-3H3,(H,15,16)/b5-4+. The van der Waals surface area contributed by atoms with Crippen LogP contribution in [0.3, 0.4) is 0 Å². The summed E-state index contributed by atoms with van der Waals surface area (Å²) in [4.78, 5) is 24.5. The number of rotatable bonds is 6. The quantitative estimate of drug-likeness (QED) is 0.792. The summed E-state index contributed by atoms with van der Waals surface area (Å²) in [5, 5.41) is 9.27. The van der Waals surface area contributed by atoms with Crippen LogP contribution in [-0.2, 0) is 26.0 Å². The van der Waals surface area contributed by atoms with E-state index in [1.54, 1.807) is 11.4 Å². The van der Waals surface area contributed by atoms with Crippen LogP contribution in [0.4, 0.5) is 0 Å². The van der Waals surface area contributed by atoms with Gasteiger partial charge in [-0.25, -0.2) is 13.2 Å². The molecule has 0 spiro atoms. The van der Waals surface area contributed by atoms with Crippen molar-refractivity contribution in [3.8, 4) is 0 Å². The molecule has 0 bridgehead atoms. The number of carboxylic acid groups (broad SMARTS) is 1. The maximum Gasteiger partial charge on any atom is 0.328 e. The van der Waals surface area contributed by atoms with Gasteiger partial charge in [-0.3, -0.25) is 4.79 Å². The molecular weight excluding hydrogens is 314 g/mol. The third-order valence-electron chi connectivity index (χ3n) is 2.85. The maximum atomic E-state index is 12.0. The first-order chi connectivity index (χ1) is 9.61. The van der Waals surface area contributed by atoms with E-state index in [9.17, 15) is 18.0 Å². The first kappa shape index (κ1) is 17.4. The molecule has 0 saturated heterocycles. The fraction of sp³-hybridized carbons (Fsp3) is 0.385. The molecule has 0 aliphatic rings.